The van der Waals surface area contributed by atoms with Crippen LogP contribution in [-0.2, 0) is 0 Å². The van der Waals surface area contributed by atoms with Gasteiger partial charge in [0.15, 0.2) is 0 Å². The monoisotopic (exact) mass is 386 g/mol. The Morgan fingerprint density at radius 1 is 0.957 bits per heavy atom. The van der Waals surface area contributed by atoms with Crippen LogP contribution in [0.5, 0.6) is 0 Å². The van der Waals surface area contributed by atoms with E-state index in [1.54, 1.807) is 0 Å². The van der Waals surface area contributed by atoms with Crippen LogP contribution in [0, 0.1) is 0 Å². The van der Waals surface area contributed by atoms with Gasteiger partial charge < -0.3 is 5.32 Å². The zero-order valence-corrected chi connectivity index (χ0v) is 15.9. The van der Waals surface area contributed by atoms with Gasteiger partial charge in [0, 0.05) is 35.8 Å². The predicted molar refractivity (Wildman–Crippen MR) is 107 cm³/mol. The summed E-state index contributed by atoms with van der Waals surface area (Å²) < 4.78 is 1.39. The van der Waals surface area contributed by atoms with Crippen molar-refractivity contribution in [2.75, 3.05) is 26.2 Å². The van der Waals surface area contributed by atoms with Crippen LogP contribution in [0.3, 0.4) is 0 Å². The van der Waals surface area contributed by atoms with E-state index in [0.717, 1.165) is 26.2 Å². The van der Waals surface area contributed by atoms with E-state index in [1.807, 2.05) is 22.7 Å². The summed E-state index contributed by atoms with van der Waals surface area (Å²) in [5, 5.41) is 9.43. The van der Waals surface area contributed by atoms with Crippen molar-refractivity contribution in [1.82, 2.24) is 10.2 Å². The molecule has 0 saturated carbocycles. The highest BCUT2D eigenvalue weighted by Crippen LogP contribution is 2.38. The van der Waals surface area contributed by atoms with Gasteiger partial charge in [-0.25, -0.2) is 0 Å². The third-order valence-electron chi connectivity index (χ3n) is 4.13. The largest absolute Gasteiger partial charge is 0.314 e. The number of halogens is 2. The van der Waals surface area contributed by atoms with Crippen molar-refractivity contribution in [3.8, 4) is 0 Å². The van der Waals surface area contributed by atoms with Gasteiger partial charge in [-0.05, 0) is 33.8 Å². The SMILES string of the molecule is Cl.Cl.c1csc([C@@H](c2csc3ccccc23)N2CCNCC2)c1. The molecule has 0 radical (unpaired) electrons. The average Bonchev–Trinajstić information content (AvgIpc) is 3.20. The van der Waals surface area contributed by atoms with Crippen molar-refractivity contribution in [3.05, 3.63) is 57.6 Å². The first-order valence-electron chi connectivity index (χ1n) is 7.38. The summed E-state index contributed by atoms with van der Waals surface area (Å²) in [5.41, 5.74) is 1.47. The molecule has 0 unspecified atom stereocenters. The van der Waals surface area contributed by atoms with Gasteiger partial charge in [0.25, 0.3) is 0 Å². The molecule has 1 aromatic carbocycles. The van der Waals surface area contributed by atoms with Crippen molar-refractivity contribution >= 4 is 57.6 Å². The lowest BCUT2D eigenvalue weighted by Gasteiger charge is -2.34. The molecule has 1 atom stereocenters. The lowest BCUT2D eigenvalue weighted by molar-refractivity contribution is 0.202. The van der Waals surface area contributed by atoms with Gasteiger partial charge in [-0.15, -0.1) is 47.5 Å². The summed E-state index contributed by atoms with van der Waals surface area (Å²) in [5.74, 6) is 0. The van der Waals surface area contributed by atoms with Crippen LogP contribution in [0.2, 0.25) is 0 Å². The Morgan fingerprint density at radius 2 is 1.74 bits per heavy atom. The molecule has 4 rings (SSSR count). The quantitative estimate of drug-likeness (QED) is 0.695. The Morgan fingerprint density at radius 3 is 2.48 bits per heavy atom. The molecule has 3 aromatic rings. The van der Waals surface area contributed by atoms with Crippen LogP contribution < -0.4 is 5.32 Å². The molecule has 0 bridgehead atoms. The molecule has 2 aromatic heterocycles. The lowest BCUT2D eigenvalue weighted by Crippen LogP contribution is -2.45. The third-order valence-corrected chi connectivity index (χ3v) is 6.04. The predicted octanol–water partition coefficient (Wildman–Crippen LogP) is 4.80. The lowest BCUT2D eigenvalue weighted by atomic mass is 10.0. The highest BCUT2D eigenvalue weighted by atomic mass is 35.5. The van der Waals surface area contributed by atoms with E-state index in [9.17, 15) is 0 Å². The van der Waals surface area contributed by atoms with Crippen molar-refractivity contribution in [2.45, 2.75) is 6.04 Å². The smallest absolute Gasteiger partial charge is 0.0711 e. The standard InChI is InChI=1S/C17H18N2S2.2ClH/c1-2-5-15-13(4-1)14(12-21-15)17(16-6-3-11-20-16)19-9-7-18-8-10-19;;/h1-6,11-12,17-18H,7-10H2;2*1H/t17-;;/m1../s1. The van der Waals surface area contributed by atoms with Gasteiger partial charge in [0.1, 0.15) is 0 Å². The molecule has 1 aliphatic heterocycles. The fraction of sp³-hybridized carbons (Fsp3) is 0.294. The van der Waals surface area contributed by atoms with E-state index in [1.165, 1.54) is 20.5 Å². The Labute approximate surface area is 157 Å². The van der Waals surface area contributed by atoms with Crippen molar-refractivity contribution in [3.63, 3.8) is 0 Å². The molecule has 1 saturated heterocycles. The summed E-state index contributed by atoms with van der Waals surface area (Å²) in [6.45, 7) is 4.41. The Balaban J connectivity index is 0.000000960. The fourth-order valence-electron chi connectivity index (χ4n) is 3.13. The second-order valence-electron chi connectivity index (χ2n) is 5.39. The minimum Gasteiger partial charge on any atom is -0.314 e. The number of hydrogen-bond acceptors (Lipinski definition) is 4. The summed E-state index contributed by atoms with van der Waals surface area (Å²) in [7, 11) is 0. The number of hydrogen-bond donors (Lipinski definition) is 1. The molecule has 23 heavy (non-hydrogen) atoms. The van der Waals surface area contributed by atoms with Gasteiger partial charge in [0.2, 0.25) is 0 Å². The van der Waals surface area contributed by atoms with Crippen LogP contribution in [0.25, 0.3) is 10.1 Å². The van der Waals surface area contributed by atoms with E-state index >= 15 is 0 Å². The number of piperazine rings is 1. The van der Waals surface area contributed by atoms with Crippen LogP contribution in [-0.4, -0.2) is 31.1 Å². The Hall–Kier alpha value is -0.620. The van der Waals surface area contributed by atoms with E-state index in [0.29, 0.717) is 6.04 Å². The maximum absolute atomic E-state index is 3.46. The molecule has 124 valence electrons. The van der Waals surface area contributed by atoms with Gasteiger partial charge in [-0.1, -0.05) is 24.3 Å². The van der Waals surface area contributed by atoms with Crippen LogP contribution >= 0.6 is 47.5 Å². The van der Waals surface area contributed by atoms with Crippen LogP contribution in [0.1, 0.15) is 16.5 Å². The molecule has 0 aliphatic carbocycles. The molecule has 1 fully saturated rings. The average molecular weight is 387 g/mol. The first-order chi connectivity index (χ1) is 10.4. The number of benzene rings is 1. The Kier molecular flexibility index (Phi) is 6.89. The molecular weight excluding hydrogens is 367 g/mol. The van der Waals surface area contributed by atoms with Gasteiger partial charge >= 0.3 is 0 Å². The fourth-order valence-corrected chi connectivity index (χ4v) is 4.98. The molecule has 2 nitrogen and oxygen atoms in total. The highest BCUT2D eigenvalue weighted by Gasteiger charge is 2.26. The zero-order chi connectivity index (χ0) is 14.1. The van der Waals surface area contributed by atoms with Crippen LogP contribution in [0.4, 0.5) is 0 Å². The van der Waals surface area contributed by atoms with Gasteiger partial charge in [0.05, 0.1) is 6.04 Å². The van der Waals surface area contributed by atoms with Gasteiger partial charge in [-0.3, -0.25) is 4.90 Å². The molecule has 1 N–H and O–H groups in total. The first kappa shape index (κ1) is 18.7. The number of nitrogens with zero attached hydrogens (tertiary/aromatic N) is 1. The normalized spacial score (nSPS) is 16.5. The van der Waals surface area contributed by atoms with Crippen LogP contribution in [0.15, 0.2) is 47.2 Å². The molecule has 3 heterocycles. The van der Waals surface area contributed by atoms with Crippen molar-refractivity contribution in [1.29, 1.82) is 0 Å². The molecular formula is C17H20Cl2N2S2. The molecule has 0 spiro atoms. The van der Waals surface area contributed by atoms with E-state index in [-0.39, 0.29) is 24.8 Å². The number of thiophene rings is 2. The van der Waals surface area contributed by atoms with E-state index in [4.69, 9.17) is 0 Å². The second-order valence-corrected chi connectivity index (χ2v) is 7.28. The summed E-state index contributed by atoms with van der Waals surface area (Å²) >= 11 is 3.74. The van der Waals surface area contributed by atoms with Crippen molar-refractivity contribution < 1.29 is 0 Å². The minimum atomic E-state index is 0. The summed E-state index contributed by atoms with van der Waals surface area (Å²) in [4.78, 5) is 4.08. The maximum atomic E-state index is 3.46. The first-order valence-corrected chi connectivity index (χ1v) is 9.14. The molecule has 1 aliphatic rings. The molecule has 0 amide bonds. The topological polar surface area (TPSA) is 15.3 Å². The number of fused-ring (bicyclic) bond motifs is 1. The summed E-state index contributed by atoms with van der Waals surface area (Å²) in [6, 6.07) is 13.6. The minimum absolute atomic E-state index is 0. The van der Waals surface area contributed by atoms with E-state index < -0.39 is 0 Å². The second kappa shape index (κ2) is 8.47. The number of nitrogens with one attached hydrogen (secondary N) is 1. The zero-order valence-electron chi connectivity index (χ0n) is 12.6. The molecule has 6 heteroatoms. The summed E-state index contributed by atoms with van der Waals surface area (Å²) in [6.07, 6.45) is 0. The third kappa shape index (κ3) is 3.73. The Bertz CT molecular complexity index is 721. The van der Waals surface area contributed by atoms with Gasteiger partial charge in [-0.2, -0.15) is 0 Å². The van der Waals surface area contributed by atoms with Crippen molar-refractivity contribution in [2.24, 2.45) is 0 Å². The maximum Gasteiger partial charge on any atom is 0.0711 e. The van der Waals surface area contributed by atoms with E-state index in [2.05, 4.69) is 57.4 Å². The number of rotatable bonds is 3. The highest BCUT2D eigenvalue weighted by molar-refractivity contribution is 7.17.